The molecule has 1 N–H and O–H groups in total. The van der Waals surface area contributed by atoms with Gasteiger partial charge in [-0.15, -0.1) is 0 Å². The molecule has 1 aromatic heterocycles. The highest BCUT2D eigenvalue weighted by Gasteiger charge is 2.21. The smallest absolute Gasteiger partial charge is 0.387 e. The van der Waals surface area contributed by atoms with Crippen LogP contribution in [0.4, 0.5) is 8.78 Å². The molecule has 7 heteroatoms. The van der Waals surface area contributed by atoms with Crippen molar-refractivity contribution in [3.05, 3.63) is 64.3 Å². The Hall–Kier alpha value is -2.41. The molecule has 1 heterocycles. The van der Waals surface area contributed by atoms with Crippen molar-refractivity contribution >= 4 is 32.7 Å². The first-order chi connectivity index (χ1) is 12.4. The molecule has 0 aliphatic rings. The SMILES string of the molecule is CC(NC(=O)c1c(Br)c2ccccc2n1C)c1ccc(OC(F)F)cc1. The number of fused-ring (bicyclic) bond motifs is 1. The molecule has 2 aromatic carbocycles. The van der Waals surface area contributed by atoms with E-state index in [2.05, 4.69) is 26.0 Å². The number of amides is 1. The van der Waals surface area contributed by atoms with Crippen LogP contribution in [0.1, 0.15) is 29.0 Å². The Morgan fingerprint density at radius 2 is 1.81 bits per heavy atom. The first kappa shape index (κ1) is 18.4. The monoisotopic (exact) mass is 422 g/mol. The van der Waals surface area contributed by atoms with Crippen LogP contribution >= 0.6 is 15.9 Å². The van der Waals surface area contributed by atoms with Crippen molar-refractivity contribution in [1.29, 1.82) is 0 Å². The van der Waals surface area contributed by atoms with Crippen LogP contribution in [0.3, 0.4) is 0 Å². The normalized spacial score (nSPS) is 12.4. The quantitative estimate of drug-likeness (QED) is 0.626. The number of nitrogens with zero attached hydrogens (tertiary/aromatic N) is 1. The number of halogens is 3. The largest absolute Gasteiger partial charge is 0.435 e. The van der Waals surface area contributed by atoms with E-state index in [4.69, 9.17) is 0 Å². The Morgan fingerprint density at radius 3 is 2.42 bits per heavy atom. The van der Waals surface area contributed by atoms with Gasteiger partial charge in [0.05, 0.1) is 10.5 Å². The summed E-state index contributed by atoms with van der Waals surface area (Å²) in [5.74, 6) is -0.144. The Balaban J connectivity index is 1.79. The number of carbonyl (C=O) groups is 1. The van der Waals surface area contributed by atoms with Gasteiger partial charge in [0.1, 0.15) is 11.4 Å². The molecule has 0 saturated carbocycles. The molecule has 0 fully saturated rings. The van der Waals surface area contributed by atoms with E-state index in [-0.39, 0.29) is 17.7 Å². The van der Waals surface area contributed by atoms with Crippen LogP contribution in [0.5, 0.6) is 5.75 Å². The average molecular weight is 423 g/mol. The van der Waals surface area contributed by atoms with Gasteiger partial charge in [-0.05, 0) is 46.6 Å². The Morgan fingerprint density at radius 1 is 1.15 bits per heavy atom. The molecule has 1 amide bonds. The van der Waals surface area contributed by atoms with Crippen molar-refractivity contribution in [3.63, 3.8) is 0 Å². The molecule has 1 unspecified atom stereocenters. The van der Waals surface area contributed by atoms with Gasteiger partial charge in [-0.25, -0.2) is 0 Å². The molecule has 0 spiro atoms. The fourth-order valence-corrected chi connectivity index (χ4v) is 3.67. The van der Waals surface area contributed by atoms with E-state index in [1.165, 1.54) is 12.1 Å². The van der Waals surface area contributed by atoms with Gasteiger partial charge in [-0.2, -0.15) is 8.78 Å². The number of ether oxygens (including phenoxy) is 1. The summed E-state index contributed by atoms with van der Waals surface area (Å²) in [6.07, 6.45) is 0. The number of benzene rings is 2. The van der Waals surface area contributed by atoms with Gasteiger partial charge in [-0.3, -0.25) is 4.79 Å². The third-order valence-electron chi connectivity index (χ3n) is 4.21. The number of nitrogens with one attached hydrogen (secondary N) is 1. The summed E-state index contributed by atoms with van der Waals surface area (Å²) in [4.78, 5) is 12.8. The third kappa shape index (κ3) is 3.58. The Bertz CT molecular complexity index is 900. The molecule has 3 rings (SSSR count). The molecule has 0 saturated heterocycles. The number of aromatic nitrogens is 1. The number of hydrogen-bond acceptors (Lipinski definition) is 2. The van der Waals surface area contributed by atoms with Crippen molar-refractivity contribution in [2.45, 2.75) is 19.6 Å². The number of hydrogen-bond donors (Lipinski definition) is 1. The number of aryl methyl sites for hydroxylation is 1. The van der Waals surface area contributed by atoms with Crippen molar-refractivity contribution in [1.82, 2.24) is 9.88 Å². The Labute approximate surface area is 157 Å². The van der Waals surface area contributed by atoms with Crippen molar-refractivity contribution < 1.29 is 18.3 Å². The van der Waals surface area contributed by atoms with E-state index >= 15 is 0 Å². The lowest BCUT2D eigenvalue weighted by molar-refractivity contribution is -0.0498. The van der Waals surface area contributed by atoms with Gasteiger partial charge in [-0.1, -0.05) is 30.3 Å². The number of alkyl halides is 2. The second kappa shape index (κ2) is 7.45. The zero-order valence-corrected chi connectivity index (χ0v) is 15.8. The minimum Gasteiger partial charge on any atom is -0.435 e. The highest BCUT2D eigenvalue weighted by molar-refractivity contribution is 9.10. The molecule has 0 aliphatic heterocycles. The molecule has 26 heavy (non-hydrogen) atoms. The maximum Gasteiger partial charge on any atom is 0.387 e. The zero-order valence-electron chi connectivity index (χ0n) is 14.2. The maximum absolute atomic E-state index is 12.8. The standard InChI is InChI=1S/C19H17BrF2N2O2/c1-11(12-7-9-13(10-8-12)26-19(21)22)23-18(25)17-16(20)14-5-3-4-6-15(14)24(17)2/h3-11,19H,1-2H3,(H,23,25). The topological polar surface area (TPSA) is 43.3 Å². The molecular formula is C19H17BrF2N2O2. The van der Waals surface area contributed by atoms with Crippen LogP contribution < -0.4 is 10.1 Å². The predicted molar refractivity (Wildman–Crippen MR) is 99.6 cm³/mol. The lowest BCUT2D eigenvalue weighted by atomic mass is 10.1. The van der Waals surface area contributed by atoms with Crippen LogP contribution in [-0.2, 0) is 7.05 Å². The molecule has 4 nitrogen and oxygen atoms in total. The van der Waals surface area contributed by atoms with Crippen LogP contribution in [0.15, 0.2) is 53.0 Å². The summed E-state index contributed by atoms with van der Waals surface area (Å²) in [7, 11) is 1.84. The van der Waals surface area contributed by atoms with Crippen molar-refractivity contribution in [3.8, 4) is 5.75 Å². The summed E-state index contributed by atoms with van der Waals surface area (Å²) >= 11 is 3.51. The van der Waals surface area contributed by atoms with Gasteiger partial charge in [0.25, 0.3) is 5.91 Å². The highest BCUT2D eigenvalue weighted by Crippen LogP contribution is 2.30. The average Bonchev–Trinajstić information content (AvgIpc) is 2.86. The van der Waals surface area contributed by atoms with Crippen LogP contribution in [0.25, 0.3) is 10.9 Å². The number of carbonyl (C=O) groups excluding carboxylic acids is 1. The Kier molecular flexibility index (Phi) is 5.27. The molecule has 0 radical (unpaired) electrons. The maximum atomic E-state index is 12.8. The summed E-state index contributed by atoms with van der Waals surface area (Å²) < 4.78 is 31.3. The second-order valence-electron chi connectivity index (χ2n) is 5.88. The summed E-state index contributed by atoms with van der Waals surface area (Å²) in [6, 6.07) is 13.6. The van der Waals surface area contributed by atoms with E-state index in [0.29, 0.717) is 5.69 Å². The highest BCUT2D eigenvalue weighted by atomic mass is 79.9. The van der Waals surface area contributed by atoms with Gasteiger partial charge in [0.2, 0.25) is 0 Å². The predicted octanol–water partition coefficient (Wildman–Crippen LogP) is 5.03. The molecule has 136 valence electrons. The van der Waals surface area contributed by atoms with Gasteiger partial charge >= 0.3 is 6.61 Å². The molecule has 3 aromatic rings. The fraction of sp³-hybridized carbons (Fsp3) is 0.211. The van der Waals surface area contributed by atoms with E-state index < -0.39 is 6.61 Å². The van der Waals surface area contributed by atoms with Crippen molar-refractivity contribution in [2.24, 2.45) is 7.05 Å². The summed E-state index contributed by atoms with van der Waals surface area (Å²) in [5, 5.41) is 3.90. The lowest BCUT2D eigenvalue weighted by Crippen LogP contribution is -2.28. The van der Waals surface area contributed by atoms with Gasteiger partial charge in [0.15, 0.2) is 0 Å². The molecule has 1 atom stereocenters. The van der Waals surface area contributed by atoms with Gasteiger partial charge in [0, 0.05) is 18.0 Å². The lowest BCUT2D eigenvalue weighted by Gasteiger charge is -2.16. The first-order valence-electron chi connectivity index (χ1n) is 7.97. The van der Waals surface area contributed by atoms with E-state index in [9.17, 15) is 13.6 Å². The third-order valence-corrected chi connectivity index (χ3v) is 5.02. The van der Waals surface area contributed by atoms with Gasteiger partial charge < -0.3 is 14.6 Å². The van der Waals surface area contributed by atoms with E-state index in [0.717, 1.165) is 20.9 Å². The number of rotatable bonds is 5. The van der Waals surface area contributed by atoms with Crippen LogP contribution in [0.2, 0.25) is 0 Å². The fourth-order valence-electron chi connectivity index (χ4n) is 2.89. The molecule has 0 aliphatic carbocycles. The van der Waals surface area contributed by atoms with Crippen LogP contribution in [0, 0.1) is 0 Å². The van der Waals surface area contributed by atoms with E-state index in [1.807, 2.05) is 42.8 Å². The first-order valence-corrected chi connectivity index (χ1v) is 8.76. The zero-order chi connectivity index (χ0) is 18.8. The molecular weight excluding hydrogens is 406 g/mol. The number of para-hydroxylation sites is 1. The summed E-state index contributed by atoms with van der Waals surface area (Å²) in [5.41, 5.74) is 2.26. The van der Waals surface area contributed by atoms with Crippen LogP contribution in [-0.4, -0.2) is 17.1 Å². The minimum atomic E-state index is -2.86. The minimum absolute atomic E-state index is 0.0821. The second-order valence-corrected chi connectivity index (χ2v) is 6.67. The molecule has 0 bridgehead atoms. The summed E-state index contributed by atoms with van der Waals surface area (Å²) in [6.45, 7) is -1.03. The van der Waals surface area contributed by atoms with E-state index in [1.54, 1.807) is 12.1 Å². The van der Waals surface area contributed by atoms with Crippen molar-refractivity contribution in [2.75, 3.05) is 0 Å².